The first kappa shape index (κ1) is 18.4. The summed E-state index contributed by atoms with van der Waals surface area (Å²) < 4.78 is 1.16. The topological polar surface area (TPSA) is 66.7 Å². The molecule has 1 aliphatic carbocycles. The van der Waals surface area contributed by atoms with E-state index in [2.05, 4.69) is 25.2 Å². The molecule has 6 nitrogen and oxygen atoms in total. The Morgan fingerprint density at radius 1 is 1.37 bits per heavy atom. The second-order valence-electron chi connectivity index (χ2n) is 8.03. The molecule has 2 N–H and O–H groups in total. The number of carbonyl (C=O) groups is 2. The van der Waals surface area contributed by atoms with Gasteiger partial charge < -0.3 is 10.2 Å². The number of hydrogen-bond acceptors (Lipinski definition) is 4. The highest BCUT2D eigenvalue weighted by atomic mass is 32.1. The molecule has 144 valence electrons. The highest BCUT2D eigenvalue weighted by molar-refractivity contribution is 7.18. The van der Waals surface area contributed by atoms with Gasteiger partial charge in [0.05, 0.1) is 17.3 Å². The van der Waals surface area contributed by atoms with Gasteiger partial charge in [-0.3, -0.25) is 4.79 Å². The van der Waals surface area contributed by atoms with Crippen LogP contribution in [-0.4, -0.2) is 41.1 Å². The van der Waals surface area contributed by atoms with Crippen molar-refractivity contribution < 1.29 is 14.5 Å². The minimum atomic E-state index is -0.686. The standard InChI is InChI=1S/C20H26N4O2S/c1-13-8-6-7-11-20(13)18(25)24(19(26)22-20)12-23(3)14(2)17-21-15-9-4-5-10-16(15)27-17/h4-5,9-10,13-14H,6-8,11-12H2,1-3H3,(H,22,26)/p+1/t13-,14-,20+/m0/s1. The summed E-state index contributed by atoms with van der Waals surface area (Å²) in [6.45, 7) is 4.54. The first-order valence-electron chi connectivity index (χ1n) is 9.74. The maximum Gasteiger partial charge on any atom is 0.329 e. The van der Waals surface area contributed by atoms with Gasteiger partial charge in [0.25, 0.3) is 5.91 Å². The van der Waals surface area contributed by atoms with E-state index in [1.165, 1.54) is 4.90 Å². The van der Waals surface area contributed by atoms with E-state index in [1.807, 2.05) is 25.2 Å². The Bertz CT molecular complexity index is 849. The molecule has 0 radical (unpaired) electrons. The van der Waals surface area contributed by atoms with Crippen LogP contribution in [0.2, 0.25) is 0 Å². The molecule has 2 aromatic rings. The van der Waals surface area contributed by atoms with Gasteiger partial charge in [-0.25, -0.2) is 14.7 Å². The molecule has 27 heavy (non-hydrogen) atoms. The maximum absolute atomic E-state index is 13.2. The summed E-state index contributed by atoms with van der Waals surface area (Å²) in [5, 5.41) is 4.06. The maximum atomic E-state index is 13.2. The van der Waals surface area contributed by atoms with E-state index in [4.69, 9.17) is 4.98 Å². The van der Waals surface area contributed by atoms with E-state index in [0.29, 0.717) is 6.67 Å². The van der Waals surface area contributed by atoms with Crippen LogP contribution in [0.5, 0.6) is 0 Å². The second kappa shape index (κ2) is 6.87. The molecule has 1 saturated carbocycles. The minimum absolute atomic E-state index is 0.0458. The third-order valence-corrected chi connectivity index (χ3v) is 7.55. The summed E-state index contributed by atoms with van der Waals surface area (Å²) in [6.07, 6.45) is 3.87. The SMILES string of the molecule is C[C@@H](c1nc2ccccc2s1)[NH+](C)CN1C(=O)N[C@@]2(CCCC[C@@H]2C)C1=O. The molecule has 2 heterocycles. The van der Waals surface area contributed by atoms with Gasteiger partial charge in [-0.15, -0.1) is 11.3 Å². The van der Waals surface area contributed by atoms with E-state index in [0.717, 1.165) is 45.8 Å². The second-order valence-corrected chi connectivity index (χ2v) is 9.09. The smallest absolute Gasteiger partial charge is 0.323 e. The Balaban J connectivity index is 1.51. The monoisotopic (exact) mass is 387 g/mol. The number of fused-ring (bicyclic) bond motifs is 1. The Labute approximate surface area is 163 Å². The molecule has 1 unspecified atom stereocenters. The van der Waals surface area contributed by atoms with Gasteiger partial charge in [0.2, 0.25) is 0 Å². The molecule has 1 aromatic heterocycles. The number of benzene rings is 1. The van der Waals surface area contributed by atoms with Crippen molar-refractivity contribution in [2.45, 2.75) is 51.1 Å². The lowest BCUT2D eigenvalue weighted by Gasteiger charge is -2.36. The summed E-state index contributed by atoms with van der Waals surface area (Å²) in [4.78, 5) is 33.0. The molecule has 7 heteroatoms. The summed E-state index contributed by atoms with van der Waals surface area (Å²) >= 11 is 1.68. The zero-order chi connectivity index (χ0) is 19.2. The number of carbonyl (C=O) groups excluding carboxylic acids is 2. The molecular formula is C20H27N4O2S+. The fourth-order valence-electron chi connectivity index (χ4n) is 4.31. The number of hydrogen-bond donors (Lipinski definition) is 2. The average Bonchev–Trinajstić information content (AvgIpc) is 3.19. The molecule has 1 aliphatic heterocycles. The molecular weight excluding hydrogens is 360 g/mol. The first-order valence-corrected chi connectivity index (χ1v) is 10.6. The Kier molecular flexibility index (Phi) is 4.68. The number of rotatable bonds is 4. The summed E-state index contributed by atoms with van der Waals surface area (Å²) in [5.41, 5.74) is 0.316. The number of imide groups is 1. The average molecular weight is 388 g/mol. The molecule has 4 atom stereocenters. The van der Waals surface area contributed by atoms with Gasteiger partial charge in [0, 0.05) is 0 Å². The lowest BCUT2D eigenvalue weighted by Crippen LogP contribution is -3.10. The van der Waals surface area contributed by atoms with Crippen molar-refractivity contribution in [1.82, 2.24) is 15.2 Å². The third-order valence-electron chi connectivity index (χ3n) is 6.33. The molecule has 1 spiro atoms. The van der Waals surface area contributed by atoms with Crippen LogP contribution in [0.25, 0.3) is 10.2 Å². The Morgan fingerprint density at radius 3 is 2.89 bits per heavy atom. The van der Waals surface area contributed by atoms with Crippen molar-refractivity contribution in [3.63, 3.8) is 0 Å². The summed E-state index contributed by atoms with van der Waals surface area (Å²) in [6, 6.07) is 7.95. The summed E-state index contributed by atoms with van der Waals surface area (Å²) in [5.74, 6) is 0.144. The van der Waals surface area contributed by atoms with Crippen LogP contribution in [-0.2, 0) is 4.79 Å². The van der Waals surface area contributed by atoms with Gasteiger partial charge in [-0.1, -0.05) is 31.9 Å². The lowest BCUT2D eigenvalue weighted by molar-refractivity contribution is -0.917. The van der Waals surface area contributed by atoms with Crippen molar-refractivity contribution in [2.24, 2.45) is 5.92 Å². The first-order chi connectivity index (χ1) is 12.9. The Hall–Kier alpha value is -1.99. The number of nitrogens with zero attached hydrogens (tertiary/aromatic N) is 2. The van der Waals surface area contributed by atoms with E-state index < -0.39 is 5.54 Å². The number of aromatic nitrogens is 1. The molecule has 4 rings (SSSR count). The quantitative estimate of drug-likeness (QED) is 0.792. The highest BCUT2D eigenvalue weighted by Gasteiger charge is 2.55. The molecule has 2 aliphatic rings. The third kappa shape index (κ3) is 3.02. The van der Waals surface area contributed by atoms with Crippen molar-refractivity contribution in [2.75, 3.05) is 13.7 Å². The van der Waals surface area contributed by atoms with Gasteiger partial charge in [-0.05, 0) is 37.8 Å². The van der Waals surface area contributed by atoms with E-state index >= 15 is 0 Å². The van der Waals surface area contributed by atoms with Crippen LogP contribution in [0.3, 0.4) is 0 Å². The van der Waals surface area contributed by atoms with E-state index in [1.54, 1.807) is 11.3 Å². The predicted molar refractivity (Wildman–Crippen MR) is 106 cm³/mol. The number of thiazole rings is 1. The molecule has 2 fully saturated rings. The minimum Gasteiger partial charge on any atom is -0.323 e. The summed E-state index contributed by atoms with van der Waals surface area (Å²) in [7, 11) is 2.02. The number of urea groups is 1. The van der Waals surface area contributed by atoms with Crippen LogP contribution in [0.1, 0.15) is 50.6 Å². The number of para-hydroxylation sites is 1. The van der Waals surface area contributed by atoms with Gasteiger partial charge in [-0.2, -0.15) is 0 Å². The molecule has 3 amide bonds. The van der Waals surface area contributed by atoms with Crippen LogP contribution in [0.15, 0.2) is 24.3 Å². The zero-order valence-corrected chi connectivity index (χ0v) is 16.9. The van der Waals surface area contributed by atoms with Crippen LogP contribution >= 0.6 is 11.3 Å². The largest absolute Gasteiger partial charge is 0.329 e. The number of nitrogens with one attached hydrogen (secondary N) is 2. The predicted octanol–water partition coefficient (Wildman–Crippen LogP) is 2.33. The van der Waals surface area contributed by atoms with Crippen LogP contribution in [0.4, 0.5) is 4.79 Å². The molecule has 1 saturated heterocycles. The van der Waals surface area contributed by atoms with Crippen molar-refractivity contribution >= 4 is 33.5 Å². The normalized spacial score (nSPS) is 28.0. The van der Waals surface area contributed by atoms with Crippen LogP contribution in [0, 0.1) is 5.92 Å². The van der Waals surface area contributed by atoms with Crippen LogP contribution < -0.4 is 10.2 Å². The fourth-order valence-corrected chi connectivity index (χ4v) is 5.42. The van der Waals surface area contributed by atoms with E-state index in [9.17, 15) is 9.59 Å². The molecule has 1 aromatic carbocycles. The van der Waals surface area contributed by atoms with E-state index in [-0.39, 0.29) is 23.9 Å². The van der Waals surface area contributed by atoms with Crippen molar-refractivity contribution in [3.05, 3.63) is 29.3 Å². The Morgan fingerprint density at radius 2 is 2.15 bits per heavy atom. The molecule has 0 bridgehead atoms. The lowest BCUT2D eigenvalue weighted by atomic mass is 9.73. The van der Waals surface area contributed by atoms with Crippen molar-refractivity contribution in [1.29, 1.82) is 0 Å². The number of quaternary nitrogens is 1. The van der Waals surface area contributed by atoms with Gasteiger partial charge in [0.1, 0.15) is 11.6 Å². The van der Waals surface area contributed by atoms with Crippen molar-refractivity contribution in [3.8, 4) is 0 Å². The number of amides is 3. The zero-order valence-electron chi connectivity index (χ0n) is 16.1. The fraction of sp³-hybridized carbons (Fsp3) is 0.550. The van der Waals surface area contributed by atoms with Gasteiger partial charge in [0.15, 0.2) is 11.7 Å². The van der Waals surface area contributed by atoms with Gasteiger partial charge >= 0.3 is 6.03 Å². The highest BCUT2D eigenvalue weighted by Crippen LogP contribution is 2.38.